The van der Waals surface area contributed by atoms with Crippen LogP contribution in [0.15, 0.2) is 0 Å². The summed E-state index contributed by atoms with van der Waals surface area (Å²) in [6.45, 7) is 19.2. The van der Waals surface area contributed by atoms with Crippen LogP contribution in [0, 0.1) is 0 Å². The van der Waals surface area contributed by atoms with Crippen LogP contribution in [0.1, 0.15) is 67.7 Å². The molecule has 0 saturated heterocycles. The van der Waals surface area contributed by atoms with Crippen molar-refractivity contribution in [1.82, 2.24) is 0 Å². The first-order valence-corrected chi connectivity index (χ1v) is 15.2. The average molecular weight is 455 g/mol. The van der Waals surface area contributed by atoms with E-state index in [1.54, 1.807) is 20.8 Å². The summed E-state index contributed by atoms with van der Waals surface area (Å²) in [6, 6.07) is 0. The minimum Gasteiger partial charge on any atom is -0.464 e. The molecule has 29 heavy (non-hydrogen) atoms. The van der Waals surface area contributed by atoms with E-state index in [2.05, 4.69) is 33.9 Å². The maximum absolute atomic E-state index is 13.1. The van der Waals surface area contributed by atoms with E-state index in [-0.39, 0.29) is 31.0 Å². The number of hydrogen-bond donors (Lipinski definition) is 0. The zero-order chi connectivity index (χ0) is 22.7. The predicted molar refractivity (Wildman–Crippen MR) is 119 cm³/mol. The van der Waals surface area contributed by atoms with Gasteiger partial charge in [0.15, 0.2) is 8.32 Å². The molecule has 0 radical (unpaired) electrons. The smallest absolute Gasteiger partial charge is 0.370 e. The summed E-state index contributed by atoms with van der Waals surface area (Å²) >= 11 is 0. The van der Waals surface area contributed by atoms with E-state index in [0.717, 1.165) is 12.8 Å². The number of ether oxygens (including phenoxy) is 2. The molecule has 2 unspecified atom stereocenters. The molecule has 0 N–H and O–H groups in total. The highest BCUT2D eigenvalue weighted by Gasteiger charge is 2.44. The van der Waals surface area contributed by atoms with E-state index >= 15 is 0 Å². The van der Waals surface area contributed by atoms with Gasteiger partial charge in [0, 0.05) is 6.61 Å². The Morgan fingerprint density at radius 1 is 1.00 bits per heavy atom. The van der Waals surface area contributed by atoms with E-state index in [0.29, 0.717) is 13.0 Å². The molecule has 0 rings (SSSR count). The van der Waals surface area contributed by atoms with Gasteiger partial charge in [0.05, 0.1) is 25.9 Å². The minimum atomic E-state index is -3.77. The second-order valence-corrected chi connectivity index (χ2v) is 15.4. The topological polar surface area (TPSA) is 80.3 Å². The number of rotatable bonds is 15. The second-order valence-electron chi connectivity index (χ2n) is 8.53. The number of hydrogen-bond acceptors (Lipinski definition) is 7. The summed E-state index contributed by atoms with van der Waals surface area (Å²) in [5.41, 5.74) is 0. The SMILES string of the molecule is CCOC(=O)C(OC(C)CCCCO[Si](C)(C)C(C)(C)C)P(=O)(OCC)OCC. The fourth-order valence-corrected chi connectivity index (χ4v) is 5.21. The molecule has 0 saturated carbocycles. The maximum Gasteiger partial charge on any atom is 0.370 e. The highest BCUT2D eigenvalue weighted by Crippen LogP contribution is 2.54. The molecule has 0 amide bonds. The molecule has 2 atom stereocenters. The van der Waals surface area contributed by atoms with Gasteiger partial charge in [0.1, 0.15) is 0 Å². The Labute approximate surface area is 178 Å². The second kappa shape index (κ2) is 13.2. The Balaban J connectivity index is 4.77. The molecule has 0 bridgehead atoms. The van der Waals surface area contributed by atoms with Crippen LogP contribution in [0.5, 0.6) is 0 Å². The molecule has 174 valence electrons. The largest absolute Gasteiger partial charge is 0.464 e. The fraction of sp³-hybridized carbons (Fsp3) is 0.950. The van der Waals surface area contributed by atoms with Crippen LogP contribution in [-0.4, -0.2) is 52.7 Å². The number of esters is 1. The predicted octanol–water partition coefficient (Wildman–Crippen LogP) is 5.74. The van der Waals surface area contributed by atoms with Crippen LogP contribution >= 0.6 is 7.60 Å². The fourth-order valence-electron chi connectivity index (χ4n) is 2.37. The Hall–Kier alpha value is -0.243. The Morgan fingerprint density at radius 2 is 1.55 bits per heavy atom. The average Bonchev–Trinajstić information content (AvgIpc) is 2.58. The van der Waals surface area contributed by atoms with Gasteiger partial charge in [-0.15, -0.1) is 0 Å². The first-order valence-electron chi connectivity index (χ1n) is 10.7. The molecule has 0 aliphatic carbocycles. The molecule has 0 aromatic rings. The summed E-state index contributed by atoms with van der Waals surface area (Å²) < 4.78 is 40.7. The third-order valence-electron chi connectivity index (χ3n) is 5.03. The molecule has 0 spiro atoms. The van der Waals surface area contributed by atoms with Crippen molar-refractivity contribution in [3.8, 4) is 0 Å². The van der Waals surface area contributed by atoms with Crippen molar-refractivity contribution in [1.29, 1.82) is 0 Å². The molecule has 0 aliphatic rings. The van der Waals surface area contributed by atoms with Gasteiger partial charge < -0.3 is 22.9 Å². The van der Waals surface area contributed by atoms with E-state index < -0.39 is 27.7 Å². The van der Waals surface area contributed by atoms with Gasteiger partial charge in [-0.2, -0.15) is 0 Å². The van der Waals surface area contributed by atoms with Crippen molar-refractivity contribution >= 4 is 21.9 Å². The first kappa shape index (κ1) is 28.8. The molecule has 7 nitrogen and oxygen atoms in total. The number of unbranched alkanes of at least 4 members (excludes halogenated alkanes) is 1. The Kier molecular flexibility index (Phi) is 13.1. The van der Waals surface area contributed by atoms with E-state index in [1.165, 1.54) is 0 Å². The Bertz CT molecular complexity index is 509. The summed E-state index contributed by atoms with van der Waals surface area (Å²) in [6.07, 6.45) is 2.18. The minimum absolute atomic E-state index is 0.149. The van der Waals surface area contributed by atoms with Gasteiger partial charge in [-0.3, -0.25) is 4.57 Å². The van der Waals surface area contributed by atoms with Gasteiger partial charge >= 0.3 is 13.6 Å². The first-order chi connectivity index (χ1) is 13.3. The van der Waals surface area contributed by atoms with Crippen LogP contribution in [0.2, 0.25) is 18.1 Å². The maximum atomic E-state index is 13.1. The Morgan fingerprint density at radius 3 is 2.00 bits per heavy atom. The normalized spacial score (nSPS) is 15.2. The van der Waals surface area contributed by atoms with Gasteiger partial charge in [-0.25, -0.2) is 4.79 Å². The van der Waals surface area contributed by atoms with E-state index in [1.807, 2.05) is 6.92 Å². The quantitative estimate of drug-likeness (QED) is 0.135. The van der Waals surface area contributed by atoms with Gasteiger partial charge in [0.25, 0.3) is 5.85 Å². The van der Waals surface area contributed by atoms with Crippen LogP contribution in [-0.2, 0) is 32.3 Å². The van der Waals surface area contributed by atoms with Crippen molar-refractivity contribution < 1.29 is 32.3 Å². The monoisotopic (exact) mass is 454 g/mol. The van der Waals surface area contributed by atoms with Gasteiger partial charge in [-0.05, 0) is 65.1 Å². The lowest BCUT2D eigenvalue weighted by molar-refractivity contribution is -0.155. The summed E-state index contributed by atoms with van der Waals surface area (Å²) in [5.74, 6) is -2.09. The third kappa shape index (κ3) is 10.1. The third-order valence-corrected chi connectivity index (χ3v) is 11.7. The summed E-state index contributed by atoms with van der Waals surface area (Å²) in [4.78, 5) is 12.4. The van der Waals surface area contributed by atoms with Crippen molar-refractivity contribution in [2.75, 3.05) is 26.4 Å². The lowest BCUT2D eigenvalue weighted by Gasteiger charge is -2.36. The summed E-state index contributed by atoms with van der Waals surface area (Å²) in [5, 5.41) is 0.190. The standard InChI is InChI=1S/C20H43O7PSi/c1-10-23-18(21)19(28(22,24-11-2)25-12-3)27-17(4)15-13-14-16-26-29(8,9)20(5,6)7/h17,19H,10-16H2,1-9H3. The van der Waals surface area contributed by atoms with Crippen molar-refractivity contribution in [3.63, 3.8) is 0 Å². The number of carbonyl (C=O) groups is 1. The molecule has 0 fully saturated rings. The van der Waals surface area contributed by atoms with Crippen LogP contribution in [0.25, 0.3) is 0 Å². The zero-order valence-corrected chi connectivity index (χ0v) is 21.8. The molecular formula is C20H43O7PSi. The van der Waals surface area contributed by atoms with E-state index in [4.69, 9.17) is 22.9 Å². The molecule has 0 aromatic carbocycles. The summed E-state index contributed by atoms with van der Waals surface area (Å²) in [7, 11) is -5.51. The molecular weight excluding hydrogens is 411 g/mol. The zero-order valence-electron chi connectivity index (χ0n) is 19.9. The van der Waals surface area contributed by atoms with Crippen molar-refractivity contribution in [2.45, 2.75) is 97.8 Å². The highest BCUT2D eigenvalue weighted by molar-refractivity contribution is 7.55. The van der Waals surface area contributed by atoms with Crippen LogP contribution in [0.3, 0.4) is 0 Å². The van der Waals surface area contributed by atoms with E-state index in [9.17, 15) is 9.36 Å². The van der Waals surface area contributed by atoms with Crippen LogP contribution in [0.4, 0.5) is 0 Å². The molecule has 0 heterocycles. The van der Waals surface area contributed by atoms with Gasteiger partial charge in [0.2, 0.25) is 0 Å². The lowest BCUT2D eigenvalue weighted by Crippen LogP contribution is -2.41. The molecule has 9 heteroatoms. The lowest BCUT2D eigenvalue weighted by atomic mass is 10.2. The van der Waals surface area contributed by atoms with Crippen LogP contribution < -0.4 is 0 Å². The van der Waals surface area contributed by atoms with Gasteiger partial charge in [-0.1, -0.05) is 20.8 Å². The van der Waals surface area contributed by atoms with Crippen molar-refractivity contribution in [2.24, 2.45) is 0 Å². The van der Waals surface area contributed by atoms with Crippen molar-refractivity contribution in [3.05, 3.63) is 0 Å². The highest BCUT2D eigenvalue weighted by atomic mass is 31.2. The molecule has 0 aromatic heterocycles. The molecule has 0 aliphatic heterocycles. The number of carbonyl (C=O) groups excluding carboxylic acids is 1.